The highest BCUT2D eigenvalue weighted by Gasteiger charge is 2.43. The average Bonchev–Trinajstić information content (AvgIpc) is 3.35. The molecule has 3 atom stereocenters. The molecule has 2 aliphatic rings. The van der Waals surface area contributed by atoms with Gasteiger partial charge in [0.1, 0.15) is 10.6 Å². The summed E-state index contributed by atoms with van der Waals surface area (Å²) in [7, 11) is 0. The van der Waals surface area contributed by atoms with Crippen molar-refractivity contribution in [2.45, 2.75) is 45.4 Å². The Balaban J connectivity index is 1.58. The van der Waals surface area contributed by atoms with Crippen molar-refractivity contribution in [1.29, 1.82) is 0 Å². The molecule has 0 spiro atoms. The topological polar surface area (TPSA) is 55.4 Å². The predicted octanol–water partition coefficient (Wildman–Crippen LogP) is 5.23. The fourth-order valence-corrected chi connectivity index (χ4v) is 5.58. The van der Waals surface area contributed by atoms with Crippen molar-refractivity contribution in [3.05, 3.63) is 29.8 Å². The molecule has 26 heavy (non-hydrogen) atoms. The Bertz CT molecular complexity index is 828. The first-order valence-electron chi connectivity index (χ1n) is 9.67. The van der Waals surface area contributed by atoms with Crippen LogP contribution in [0.2, 0.25) is 0 Å². The van der Waals surface area contributed by atoms with Crippen molar-refractivity contribution in [1.82, 2.24) is 0 Å². The van der Waals surface area contributed by atoms with Crippen molar-refractivity contribution in [2.75, 3.05) is 11.9 Å². The van der Waals surface area contributed by atoms with Gasteiger partial charge in [0.05, 0.1) is 6.61 Å². The lowest BCUT2D eigenvalue weighted by atomic mass is 9.88. The first kappa shape index (κ1) is 17.5. The molecule has 138 valence electrons. The minimum absolute atomic E-state index is 0.0753. The van der Waals surface area contributed by atoms with Crippen LogP contribution in [0.15, 0.2) is 24.3 Å². The Morgan fingerprint density at radius 3 is 2.81 bits per heavy atom. The number of hydrogen-bond donors (Lipinski definition) is 1. The molecule has 2 aromatic rings. The van der Waals surface area contributed by atoms with Crippen molar-refractivity contribution in [2.24, 2.45) is 17.8 Å². The maximum Gasteiger partial charge on any atom is 0.341 e. The van der Waals surface area contributed by atoms with E-state index in [-0.39, 0.29) is 17.8 Å². The first-order chi connectivity index (χ1) is 12.7. The SMILES string of the molecule is CCCCOC(=O)c1c(NC(=O)C2CC3CCC2C3)sc2ccccc12. The van der Waals surface area contributed by atoms with Crippen molar-refractivity contribution in [3.8, 4) is 0 Å². The Morgan fingerprint density at radius 1 is 1.23 bits per heavy atom. The number of ether oxygens (including phenoxy) is 1. The summed E-state index contributed by atoms with van der Waals surface area (Å²) in [5, 5.41) is 4.58. The highest BCUT2D eigenvalue weighted by atomic mass is 32.1. The zero-order chi connectivity index (χ0) is 18.1. The zero-order valence-corrected chi connectivity index (χ0v) is 15.9. The molecule has 1 aromatic carbocycles. The van der Waals surface area contributed by atoms with E-state index in [2.05, 4.69) is 12.2 Å². The van der Waals surface area contributed by atoms with E-state index < -0.39 is 0 Å². The fourth-order valence-electron chi connectivity index (χ4n) is 4.49. The second kappa shape index (κ2) is 7.39. The second-order valence-electron chi connectivity index (χ2n) is 7.56. The summed E-state index contributed by atoms with van der Waals surface area (Å²) >= 11 is 1.47. The molecule has 1 N–H and O–H groups in total. The van der Waals surface area contributed by atoms with Gasteiger partial charge in [-0.1, -0.05) is 38.0 Å². The molecule has 2 bridgehead atoms. The Morgan fingerprint density at radius 2 is 2.08 bits per heavy atom. The van der Waals surface area contributed by atoms with Crippen LogP contribution in [0.3, 0.4) is 0 Å². The van der Waals surface area contributed by atoms with E-state index in [1.807, 2.05) is 24.3 Å². The van der Waals surface area contributed by atoms with Crippen LogP contribution >= 0.6 is 11.3 Å². The van der Waals surface area contributed by atoms with E-state index in [0.29, 0.717) is 23.1 Å². The number of nitrogens with one attached hydrogen (secondary N) is 1. The minimum Gasteiger partial charge on any atom is -0.462 e. The van der Waals surface area contributed by atoms with Crippen LogP contribution in [0.25, 0.3) is 10.1 Å². The summed E-state index contributed by atoms with van der Waals surface area (Å²) in [6.45, 7) is 2.48. The molecule has 1 aromatic heterocycles. The van der Waals surface area contributed by atoms with Crippen molar-refractivity contribution < 1.29 is 14.3 Å². The average molecular weight is 372 g/mol. The van der Waals surface area contributed by atoms with Gasteiger partial charge < -0.3 is 10.1 Å². The van der Waals surface area contributed by atoms with Gasteiger partial charge in [0.15, 0.2) is 0 Å². The van der Waals surface area contributed by atoms with Crippen LogP contribution in [-0.4, -0.2) is 18.5 Å². The van der Waals surface area contributed by atoms with Gasteiger partial charge in [0, 0.05) is 16.0 Å². The Kier molecular flexibility index (Phi) is 4.98. The smallest absolute Gasteiger partial charge is 0.341 e. The third-order valence-electron chi connectivity index (χ3n) is 5.84. The minimum atomic E-state index is -0.334. The molecular weight excluding hydrogens is 346 g/mol. The van der Waals surface area contributed by atoms with Crippen LogP contribution in [0.1, 0.15) is 55.8 Å². The molecule has 2 fully saturated rings. The maximum atomic E-state index is 12.9. The standard InChI is InChI=1S/C21H25NO3S/c1-2-3-10-25-21(24)18-15-6-4-5-7-17(15)26-20(18)22-19(23)16-12-13-8-9-14(16)11-13/h4-7,13-14,16H,2-3,8-12H2,1H3,(H,22,23). The number of hydrogen-bond acceptors (Lipinski definition) is 4. The molecule has 3 unspecified atom stereocenters. The molecular formula is C21H25NO3S. The highest BCUT2D eigenvalue weighted by molar-refractivity contribution is 7.23. The molecule has 1 amide bonds. The van der Waals surface area contributed by atoms with E-state index in [1.54, 1.807) is 0 Å². The zero-order valence-electron chi connectivity index (χ0n) is 15.1. The van der Waals surface area contributed by atoms with Gasteiger partial charge in [-0.25, -0.2) is 4.79 Å². The number of carbonyl (C=O) groups excluding carboxylic acids is 2. The normalized spacial score (nSPS) is 24.1. The summed E-state index contributed by atoms with van der Waals surface area (Å²) in [6.07, 6.45) is 6.45. The number of anilines is 1. The lowest BCUT2D eigenvalue weighted by molar-refractivity contribution is -0.121. The third-order valence-corrected chi connectivity index (χ3v) is 6.93. The maximum absolute atomic E-state index is 12.9. The number of benzene rings is 1. The number of thiophene rings is 1. The fraction of sp³-hybridized carbons (Fsp3) is 0.524. The quantitative estimate of drug-likeness (QED) is 0.558. The number of amides is 1. The van der Waals surface area contributed by atoms with E-state index >= 15 is 0 Å². The van der Waals surface area contributed by atoms with Gasteiger partial charge in [0.2, 0.25) is 5.91 Å². The molecule has 0 radical (unpaired) electrons. The van der Waals surface area contributed by atoms with Gasteiger partial charge >= 0.3 is 5.97 Å². The first-order valence-corrected chi connectivity index (χ1v) is 10.5. The molecule has 2 saturated carbocycles. The lowest BCUT2D eigenvalue weighted by Gasteiger charge is -2.20. The number of carbonyl (C=O) groups is 2. The molecule has 2 aliphatic carbocycles. The third kappa shape index (κ3) is 3.25. The van der Waals surface area contributed by atoms with Gasteiger partial charge in [-0.15, -0.1) is 11.3 Å². The van der Waals surface area contributed by atoms with Crippen LogP contribution in [-0.2, 0) is 9.53 Å². The largest absolute Gasteiger partial charge is 0.462 e. The number of unbranched alkanes of at least 4 members (excludes halogenated alkanes) is 1. The summed E-state index contributed by atoms with van der Waals surface area (Å²) in [5.74, 6) is 1.08. The Labute approximate surface area is 157 Å². The molecule has 0 aliphatic heterocycles. The Hall–Kier alpha value is -1.88. The molecule has 4 rings (SSSR count). The molecule has 5 heteroatoms. The van der Waals surface area contributed by atoms with Crippen LogP contribution < -0.4 is 5.32 Å². The highest BCUT2D eigenvalue weighted by Crippen LogP contribution is 2.49. The van der Waals surface area contributed by atoms with E-state index in [4.69, 9.17) is 4.74 Å². The monoisotopic (exact) mass is 371 g/mol. The summed E-state index contributed by atoms with van der Waals surface area (Å²) in [6, 6.07) is 7.78. The van der Waals surface area contributed by atoms with Gasteiger partial charge in [-0.2, -0.15) is 0 Å². The predicted molar refractivity (Wildman–Crippen MR) is 105 cm³/mol. The van der Waals surface area contributed by atoms with E-state index in [1.165, 1.54) is 30.6 Å². The summed E-state index contributed by atoms with van der Waals surface area (Å²) in [4.78, 5) is 25.5. The van der Waals surface area contributed by atoms with Crippen LogP contribution in [0.4, 0.5) is 5.00 Å². The van der Waals surface area contributed by atoms with Crippen molar-refractivity contribution >= 4 is 38.3 Å². The summed E-state index contributed by atoms with van der Waals surface area (Å²) in [5.41, 5.74) is 0.512. The molecule has 1 heterocycles. The second-order valence-corrected chi connectivity index (χ2v) is 8.61. The number of rotatable bonds is 6. The lowest BCUT2D eigenvalue weighted by Crippen LogP contribution is -2.27. The van der Waals surface area contributed by atoms with E-state index in [0.717, 1.165) is 35.3 Å². The van der Waals surface area contributed by atoms with Crippen LogP contribution in [0, 0.1) is 17.8 Å². The van der Waals surface area contributed by atoms with Gasteiger partial charge in [-0.3, -0.25) is 4.79 Å². The number of fused-ring (bicyclic) bond motifs is 3. The van der Waals surface area contributed by atoms with Gasteiger partial charge in [-0.05, 0) is 43.6 Å². The number of esters is 1. The van der Waals surface area contributed by atoms with Crippen molar-refractivity contribution in [3.63, 3.8) is 0 Å². The van der Waals surface area contributed by atoms with Crippen LogP contribution in [0.5, 0.6) is 0 Å². The summed E-state index contributed by atoms with van der Waals surface area (Å²) < 4.78 is 6.45. The molecule has 0 saturated heterocycles. The van der Waals surface area contributed by atoms with E-state index in [9.17, 15) is 9.59 Å². The van der Waals surface area contributed by atoms with Gasteiger partial charge in [0.25, 0.3) is 0 Å². The molecule has 4 nitrogen and oxygen atoms in total.